The fraction of sp³-hybridized carbons (Fsp3) is 0.625. The van der Waals surface area contributed by atoms with Gasteiger partial charge in [0.25, 0.3) is 0 Å². The number of ether oxygens (including phenoxy) is 1. The van der Waals surface area contributed by atoms with Gasteiger partial charge in [0.2, 0.25) is 0 Å². The van der Waals surface area contributed by atoms with Crippen molar-refractivity contribution >= 4 is 17.7 Å². The minimum absolute atomic E-state index is 0.196. The summed E-state index contributed by atoms with van der Waals surface area (Å²) >= 11 is 5.79. The average Bonchev–Trinajstić information content (AvgIpc) is 2.30. The highest BCUT2D eigenvalue weighted by Crippen LogP contribution is 2.40. The van der Waals surface area contributed by atoms with Crippen molar-refractivity contribution in [2.45, 2.75) is 32.9 Å². The number of amides is 1. The van der Waals surface area contributed by atoms with Gasteiger partial charge in [-0.1, -0.05) is 17.7 Å². The number of nitrogens with zero attached hydrogens (tertiary/aromatic N) is 3. The zero-order valence-electron chi connectivity index (χ0n) is 13.3. The SMILES string of the molecule is CC(C)(C)OC(=O)N1CC2(CN(Cc3ccc(Cl)nc3)C2)C1. The number of hydrogen-bond donors (Lipinski definition) is 0. The number of rotatable bonds is 2. The van der Waals surface area contributed by atoms with Gasteiger partial charge in [-0.05, 0) is 32.4 Å². The van der Waals surface area contributed by atoms with Crippen LogP contribution in [0.15, 0.2) is 18.3 Å². The third kappa shape index (κ3) is 3.36. The van der Waals surface area contributed by atoms with Crippen molar-refractivity contribution in [1.29, 1.82) is 0 Å². The van der Waals surface area contributed by atoms with Crippen molar-refractivity contribution in [2.24, 2.45) is 5.41 Å². The first kappa shape index (κ1) is 15.6. The molecule has 0 N–H and O–H groups in total. The molecule has 2 aliphatic heterocycles. The van der Waals surface area contributed by atoms with Crippen molar-refractivity contribution in [3.8, 4) is 0 Å². The molecule has 1 aromatic rings. The monoisotopic (exact) mass is 323 g/mol. The van der Waals surface area contributed by atoms with Gasteiger partial charge in [0, 0.05) is 44.3 Å². The molecule has 3 heterocycles. The van der Waals surface area contributed by atoms with Crippen molar-refractivity contribution in [1.82, 2.24) is 14.8 Å². The standard InChI is InChI=1S/C16H22ClN3O2/c1-15(2,3)22-14(21)20-10-16(11-20)8-19(9-16)7-12-4-5-13(17)18-6-12/h4-6H,7-11H2,1-3H3. The molecule has 120 valence electrons. The van der Waals surface area contributed by atoms with E-state index in [1.165, 1.54) is 5.56 Å². The molecule has 3 rings (SSSR count). The van der Waals surface area contributed by atoms with E-state index in [-0.39, 0.29) is 11.5 Å². The summed E-state index contributed by atoms with van der Waals surface area (Å²) in [6, 6.07) is 3.83. The first-order valence-corrected chi connectivity index (χ1v) is 7.93. The topological polar surface area (TPSA) is 45.7 Å². The Bertz CT molecular complexity index is 554. The Labute approximate surface area is 136 Å². The van der Waals surface area contributed by atoms with Gasteiger partial charge in [0.05, 0.1) is 0 Å². The molecule has 6 heteroatoms. The molecule has 0 bridgehead atoms. The van der Waals surface area contributed by atoms with E-state index in [0.29, 0.717) is 5.15 Å². The zero-order valence-corrected chi connectivity index (χ0v) is 14.1. The van der Waals surface area contributed by atoms with Crippen LogP contribution >= 0.6 is 11.6 Å². The van der Waals surface area contributed by atoms with Crippen molar-refractivity contribution < 1.29 is 9.53 Å². The van der Waals surface area contributed by atoms with Crippen LogP contribution < -0.4 is 0 Å². The van der Waals surface area contributed by atoms with Crippen LogP contribution in [0, 0.1) is 5.41 Å². The maximum absolute atomic E-state index is 11.9. The summed E-state index contributed by atoms with van der Waals surface area (Å²) < 4.78 is 5.39. The Kier molecular flexibility index (Phi) is 3.81. The molecular formula is C16H22ClN3O2. The summed E-state index contributed by atoms with van der Waals surface area (Å²) in [5.41, 5.74) is 1.02. The van der Waals surface area contributed by atoms with E-state index in [9.17, 15) is 4.79 Å². The highest BCUT2D eigenvalue weighted by molar-refractivity contribution is 6.29. The van der Waals surface area contributed by atoms with Gasteiger partial charge in [-0.3, -0.25) is 4.90 Å². The van der Waals surface area contributed by atoms with Crippen molar-refractivity contribution in [2.75, 3.05) is 26.2 Å². The van der Waals surface area contributed by atoms with Gasteiger partial charge in [-0.25, -0.2) is 9.78 Å². The molecule has 0 aliphatic carbocycles. The maximum atomic E-state index is 11.9. The molecule has 2 fully saturated rings. The number of halogens is 1. The first-order valence-electron chi connectivity index (χ1n) is 7.56. The van der Waals surface area contributed by atoms with Crippen LogP contribution in [0.4, 0.5) is 4.79 Å². The maximum Gasteiger partial charge on any atom is 0.410 e. The number of carbonyl (C=O) groups excluding carboxylic acids is 1. The van der Waals surface area contributed by atoms with Gasteiger partial charge in [-0.2, -0.15) is 0 Å². The van der Waals surface area contributed by atoms with E-state index in [2.05, 4.69) is 9.88 Å². The normalized spacial score (nSPS) is 20.5. The lowest BCUT2D eigenvalue weighted by Crippen LogP contribution is -2.72. The summed E-state index contributed by atoms with van der Waals surface area (Å²) in [4.78, 5) is 20.2. The van der Waals surface area contributed by atoms with Gasteiger partial charge in [-0.15, -0.1) is 0 Å². The first-order chi connectivity index (χ1) is 10.2. The second-order valence-electron chi connectivity index (χ2n) is 7.47. The molecule has 0 atom stereocenters. The largest absolute Gasteiger partial charge is 0.444 e. The van der Waals surface area contributed by atoms with E-state index in [4.69, 9.17) is 16.3 Å². The molecular weight excluding hydrogens is 302 g/mol. The van der Waals surface area contributed by atoms with E-state index >= 15 is 0 Å². The lowest BCUT2D eigenvalue weighted by atomic mass is 9.73. The second-order valence-corrected chi connectivity index (χ2v) is 7.86. The van der Waals surface area contributed by atoms with Crippen LogP contribution in [0.5, 0.6) is 0 Å². The summed E-state index contributed by atoms with van der Waals surface area (Å²) in [6.45, 7) is 10.2. The predicted octanol–water partition coefficient (Wildman–Crippen LogP) is 2.79. The Balaban J connectivity index is 1.43. The summed E-state index contributed by atoms with van der Waals surface area (Å²) in [7, 11) is 0. The number of aromatic nitrogens is 1. The Morgan fingerprint density at radius 2 is 2.00 bits per heavy atom. The molecule has 1 aromatic heterocycles. The van der Waals surface area contributed by atoms with Gasteiger partial charge in [0.15, 0.2) is 0 Å². The average molecular weight is 324 g/mol. The molecule has 0 unspecified atom stereocenters. The highest BCUT2D eigenvalue weighted by atomic mass is 35.5. The van der Waals surface area contributed by atoms with E-state index in [1.54, 1.807) is 4.90 Å². The number of likely N-dealkylation sites (tertiary alicyclic amines) is 2. The highest BCUT2D eigenvalue weighted by Gasteiger charge is 2.53. The van der Waals surface area contributed by atoms with Gasteiger partial charge >= 0.3 is 6.09 Å². The minimum Gasteiger partial charge on any atom is -0.444 e. The molecule has 22 heavy (non-hydrogen) atoms. The molecule has 0 saturated carbocycles. The molecule has 0 aromatic carbocycles. The third-order valence-corrected chi connectivity index (χ3v) is 4.24. The fourth-order valence-corrected chi connectivity index (χ4v) is 3.30. The summed E-state index contributed by atoms with van der Waals surface area (Å²) in [5.74, 6) is 0. The molecule has 2 saturated heterocycles. The van der Waals surface area contributed by atoms with Crippen LogP contribution in [0.25, 0.3) is 0 Å². The summed E-state index contributed by atoms with van der Waals surface area (Å²) in [6.07, 6.45) is 1.62. The van der Waals surface area contributed by atoms with Crippen LogP contribution in [0.2, 0.25) is 5.15 Å². The second kappa shape index (κ2) is 5.39. The molecule has 5 nitrogen and oxygen atoms in total. The smallest absolute Gasteiger partial charge is 0.410 e. The fourth-order valence-electron chi connectivity index (χ4n) is 3.19. The number of hydrogen-bond acceptors (Lipinski definition) is 4. The van der Waals surface area contributed by atoms with E-state index in [0.717, 1.165) is 32.7 Å². The Morgan fingerprint density at radius 1 is 1.32 bits per heavy atom. The van der Waals surface area contributed by atoms with Crippen molar-refractivity contribution in [3.05, 3.63) is 29.0 Å². The van der Waals surface area contributed by atoms with Crippen molar-refractivity contribution in [3.63, 3.8) is 0 Å². The summed E-state index contributed by atoms with van der Waals surface area (Å²) in [5, 5.41) is 0.524. The quantitative estimate of drug-likeness (QED) is 0.785. The predicted molar refractivity (Wildman–Crippen MR) is 84.8 cm³/mol. The number of carbonyl (C=O) groups is 1. The lowest BCUT2D eigenvalue weighted by Gasteiger charge is -2.60. The molecule has 2 aliphatic rings. The minimum atomic E-state index is -0.424. The third-order valence-electron chi connectivity index (χ3n) is 4.02. The molecule has 0 radical (unpaired) electrons. The van der Waals surface area contributed by atoms with Crippen LogP contribution in [-0.2, 0) is 11.3 Å². The van der Waals surface area contributed by atoms with Crippen LogP contribution in [-0.4, -0.2) is 52.7 Å². The Hall–Kier alpha value is -1.33. The molecule has 1 amide bonds. The molecule has 1 spiro atoms. The number of pyridine rings is 1. The zero-order chi connectivity index (χ0) is 16.0. The Morgan fingerprint density at radius 3 is 2.55 bits per heavy atom. The van der Waals surface area contributed by atoms with Crippen LogP contribution in [0.3, 0.4) is 0 Å². The van der Waals surface area contributed by atoms with E-state index in [1.807, 2.05) is 39.1 Å². The van der Waals surface area contributed by atoms with Gasteiger partial charge in [0.1, 0.15) is 10.8 Å². The van der Waals surface area contributed by atoms with E-state index < -0.39 is 5.60 Å². The lowest BCUT2D eigenvalue weighted by molar-refractivity contribution is -0.115. The van der Waals surface area contributed by atoms with Crippen LogP contribution in [0.1, 0.15) is 26.3 Å². The van der Waals surface area contributed by atoms with Gasteiger partial charge < -0.3 is 9.64 Å².